The van der Waals surface area contributed by atoms with Crippen molar-refractivity contribution in [3.63, 3.8) is 0 Å². The fraction of sp³-hybridized carbons (Fsp3) is 0.543. The normalized spacial score (nSPS) is 14.8. The van der Waals surface area contributed by atoms with E-state index in [0.29, 0.717) is 19.3 Å². The molecular formula is C46H72NO10P. The van der Waals surface area contributed by atoms with E-state index in [1.807, 2.05) is 18.2 Å². The largest absolute Gasteiger partial charge is 0.480 e. The van der Waals surface area contributed by atoms with Crippen LogP contribution < -0.4 is 5.73 Å². The molecule has 0 radical (unpaired) electrons. The molecule has 0 aliphatic carbocycles. The van der Waals surface area contributed by atoms with Crippen LogP contribution in [0.2, 0.25) is 0 Å². The molecular weight excluding hydrogens is 757 g/mol. The number of rotatable bonds is 37. The highest BCUT2D eigenvalue weighted by molar-refractivity contribution is 7.47. The third-order valence-electron chi connectivity index (χ3n) is 8.03. The first-order chi connectivity index (χ1) is 28.1. The molecule has 0 aromatic rings. The molecule has 11 nitrogen and oxygen atoms in total. The smallest absolute Gasteiger partial charge is 0.472 e. The number of unbranched alkanes of at least 4 members (excludes halogenated alkanes) is 5. The number of aliphatic carboxylic acids is 1. The Morgan fingerprint density at radius 2 is 0.948 bits per heavy atom. The molecule has 58 heavy (non-hydrogen) atoms. The molecule has 326 valence electrons. The summed E-state index contributed by atoms with van der Waals surface area (Å²) in [6.07, 6.45) is 51.7. The monoisotopic (exact) mass is 829 g/mol. The minimum atomic E-state index is -4.75. The molecule has 1 unspecified atom stereocenters. The second-order valence-electron chi connectivity index (χ2n) is 13.4. The van der Waals surface area contributed by atoms with Gasteiger partial charge in [-0.2, -0.15) is 0 Å². The van der Waals surface area contributed by atoms with Crippen molar-refractivity contribution < 1.29 is 47.5 Å². The molecule has 4 N–H and O–H groups in total. The minimum absolute atomic E-state index is 0.0249. The van der Waals surface area contributed by atoms with Gasteiger partial charge >= 0.3 is 25.7 Å². The summed E-state index contributed by atoms with van der Waals surface area (Å²) in [5, 5.41) is 8.88. The molecule has 0 amide bonds. The van der Waals surface area contributed by atoms with Crippen LogP contribution in [0, 0.1) is 0 Å². The summed E-state index contributed by atoms with van der Waals surface area (Å²) >= 11 is 0. The molecule has 0 rings (SSSR count). The summed E-state index contributed by atoms with van der Waals surface area (Å²) < 4.78 is 32.6. The highest BCUT2D eigenvalue weighted by atomic mass is 31.2. The van der Waals surface area contributed by atoms with E-state index < -0.39 is 57.7 Å². The summed E-state index contributed by atoms with van der Waals surface area (Å²) in [6, 6.07) is -1.54. The van der Waals surface area contributed by atoms with Gasteiger partial charge in [-0.05, 0) is 83.5 Å². The third kappa shape index (κ3) is 39.0. The number of nitrogens with two attached hydrogens (primary N) is 1. The molecule has 3 atom stereocenters. The van der Waals surface area contributed by atoms with Gasteiger partial charge in [0, 0.05) is 12.8 Å². The zero-order valence-electron chi connectivity index (χ0n) is 35.1. The number of phosphoric acid groups is 1. The fourth-order valence-corrected chi connectivity index (χ4v) is 5.59. The molecule has 0 aliphatic rings. The van der Waals surface area contributed by atoms with Crippen LogP contribution in [0.1, 0.15) is 129 Å². The lowest BCUT2D eigenvalue weighted by Gasteiger charge is -2.20. The maximum Gasteiger partial charge on any atom is 0.472 e. The SMILES string of the molecule is CC/C=C\C/C=C\C/C=C\C/C=C\C/C=C\C/C=C\CCC(=O)O[C@H](COC(=O)CCCCCCC/C=C\C/C=C\C/C=C\CC)COP(=O)(O)OC[C@H](N)C(=O)O. The van der Waals surface area contributed by atoms with Gasteiger partial charge in [0.05, 0.1) is 13.2 Å². The third-order valence-corrected chi connectivity index (χ3v) is 8.98. The van der Waals surface area contributed by atoms with Crippen molar-refractivity contribution in [2.45, 2.75) is 142 Å². The quantitative estimate of drug-likeness (QED) is 0.0235. The zero-order valence-corrected chi connectivity index (χ0v) is 36.0. The second-order valence-corrected chi connectivity index (χ2v) is 14.8. The number of ether oxygens (including phenoxy) is 2. The number of carboxylic acid groups (broad SMARTS) is 1. The van der Waals surface area contributed by atoms with Gasteiger partial charge < -0.3 is 25.2 Å². The van der Waals surface area contributed by atoms with Crippen molar-refractivity contribution in [2.24, 2.45) is 5.73 Å². The summed E-state index contributed by atoms with van der Waals surface area (Å²) in [7, 11) is -4.75. The van der Waals surface area contributed by atoms with Crippen LogP contribution in [-0.2, 0) is 37.5 Å². The highest BCUT2D eigenvalue weighted by Gasteiger charge is 2.28. The number of esters is 2. The van der Waals surface area contributed by atoms with E-state index in [1.165, 1.54) is 0 Å². The van der Waals surface area contributed by atoms with Crippen LogP contribution in [0.25, 0.3) is 0 Å². The summed E-state index contributed by atoms with van der Waals surface area (Å²) in [5.74, 6) is -2.53. The fourth-order valence-electron chi connectivity index (χ4n) is 4.81. The van der Waals surface area contributed by atoms with Crippen molar-refractivity contribution in [2.75, 3.05) is 19.8 Å². The van der Waals surface area contributed by atoms with Crippen molar-refractivity contribution in [1.82, 2.24) is 0 Å². The average Bonchev–Trinajstić information content (AvgIpc) is 3.20. The van der Waals surface area contributed by atoms with Gasteiger partial charge in [-0.3, -0.25) is 23.4 Å². The molecule has 0 aromatic carbocycles. The van der Waals surface area contributed by atoms with Crippen LogP contribution in [0.3, 0.4) is 0 Å². The molecule has 0 heterocycles. The van der Waals surface area contributed by atoms with Gasteiger partial charge in [0.1, 0.15) is 12.6 Å². The van der Waals surface area contributed by atoms with Gasteiger partial charge in [0.2, 0.25) is 0 Å². The first-order valence-corrected chi connectivity index (χ1v) is 22.4. The Kier molecular flexibility index (Phi) is 37.3. The van der Waals surface area contributed by atoms with E-state index in [9.17, 15) is 23.8 Å². The van der Waals surface area contributed by atoms with E-state index in [0.717, 1.165) is 83.5 Å². The molecule has 0 fully saturated rings. The van der Waals surface area contributed by atoms with E-state index >= 15 is 0 Å². The molecule has 0 saturated heterocycles. The van der Waals surface area contributed by atoms with Crippen molar-refractivity contribution >= 4 is 25.7 Å². The number of hydrogen-bond acceptors (Lipinski definition) is 9. The lowest BCUT2D eigenvalue weighted by Crippen LogP contribution is -2.34. The predicted octanol–water partition coefficient (Wildman–Crippen LogP) is 11.1. The molecule has 0 saturated carbocycles. The molecule has 0 spiro atoms. The van der Waals surface area contributed by atoms with E-state index in [1.54, 1.807) is 0 Å². The van der Waals surface area contributed by atoms with Gasteiger partial charge in [-0.1, -0.05) is 142 Å². The Bertz CT molecular complexity index is 1390. The number of carbonyl (C=O) groups excluding carboxylic acids is 2. The molecule has 0 aromatic heterocycles. The lowest BCUT2D eigenvalue weighted by atomic mass is 10.1. The van der Waals surface area contributed by atoms with E-state index in [4.69, 9.17) is 24.8 Å². The Morgan fingerprint density at radius 1 is 0.534 bits per heavy atom. The number of carbonyl (C=O) groups is 3. The van der Waals surface area contributed by atoms with Gasteiger partial charge in [-0.25, -0.2) is 4.57 Å². The van der Waals surface area contributed by atoms with Gasteiger partial charge in [0.25, 0.3) is 0 Å². The Labute approximate surface area is 348 Å². The number of allylic oxidation sites excluding steroid dienone is 18. The topological polar surface area (TPSA) is 172 Å². The highest BCUT2D eigenvalue weighted by Crippen LogP contribution is 2.43. The standard InChI is InChI=1S/C46H72NO10P/c1-3-5-7-9-11-13-15-17-19-20-21-22-24-26-28-30-32-34-36-38-45(49)57-42(40-55-58(52,53)56-41-43(47)46(50)51)39-54-44(48)37-35-33-31-29-27-25-23-18-16-14-12-10-8-6-4-2/h5-8,11-14,17-19,21-23,26,28,32,34,42-43H,3-4,9-10,15-16,20,24-25,27,29-31,33,35-41,47H2,1-2H3,(H,50,51)(H,52,53)/b7-5-,8-6-,13-11-,14-12-,19-17-,22-21-,23-18-,28-26-,34-32-/t42-,43+/m1/s1. The Morgan fingerprint density at radius 3 is 1.43 bits per heavy atom. The lowest BCUT2D eigenvalue weighted by molar-refractivity contribution is -0.161. The second kappa shape index (κ2) is 39.9. The summed E-state index contributed by atoms with van der Waals surface area (Å²) in [4.78, 5) is 45.9. The van der Waals surface area contributed by atoms with Crippen molar-refractivity contribution in [3.05, 3.63) is 109 Å². The Balaban J connectivity index is 4.57. The number of phosphoric ester groups is 1. The van der Waals surface area contributed by atoms with Gasteiger partial charge in [-0.15, -0.1) is 0 Å². The number of carboxylic acids is 1. The van der Waals surface area contributed by atoms with Crippen LogP contribution in [0.5, 0.6) is 0 Å². The minimum Gasteiger partial charge on any atom is -0.480 e. The average molecular weight is 830 g/mol. The number of hydrogen-bond donors (Lipinski definition) is 3. The van der Waals surface area contributed by atoms with Crippen LogP contribution >= 0.6 is 7.82 Å². The van der Waals surface area contributed by atoms with Crippen LogP contribution in [0.15, 0.2) is 109 Å². The zero-order chi connectivity index (χ0) is 42.8. The van der Waals surface area contributed by atoms with Crippen LogP contribution in [0.4, 0.5) is 0 Å². The summed E-state index contributed by atoms with van der Waals surface area (Å²) in [5.41, 5.74) is 5.32. The van der Waals surface area contributed by atoms with Crippen LogP contribution in [-0.4, -0.2) is 59.9 Å². The molecule has 12 heteroatoms. The molecule has 0 bridgehead atoms. The van der Waals surface area contributed by atoms with Crippen molar-refractivity contribution in [1.29, 1.82) is 0 Å². The Hall–Kier alpha value is -3.86. The maximum atomic E-state index is 12.6. The van der Waals surface area contributed by atoms with Crippen molar-refractivity contribution in [3.8, 4) is 0 Å². The first-order valence-electron chi connectivity index (χ1n) is 20.9. The summed E-state index contributed by atoms with van der Waals surface area (Å²) in [6.45, 7) is 2.45. The predicted molar refractivity (Wildman–Crippen MR) is 235 cm³/mol. The maximum absolute atomic E-state index is 12.6. The van der Waals surface area contributed by atoms with E-state index in [-0.39, 0.29) is 12.8 Å². The van der Waals surface area contributed by atoms with E-state index in [2.05, 4.69) is 110 Å². The first kappa shape index (κ1) is 54.1. The molecule has 0 aliphatic heterocycles. The van der Waals surface area contributed by atoms with Gasteiger partial charge in [0.15, 0.2) is 6.10 Å².